The first kappa shape index (κ1) is 9.34. The fourth-order valence-electron chi connectivity index (χ4n) is 2.54. The van der Waals surface area contributed by atoms with Crippen LogP contribution in [-0.4, -0.2) is 16.8 Å². The van der Waals surface area contributed by atoms with Gasteiger partial charge in [0.1, 0.15) is 0 Å². The molecule has 0 fully saturated rings. The lowest BCUT2D eigenvalue weighted by Crippen LogP contribution is -2.10. The van der Waals surface area contributed by atoms with E-state index in [1.165, 1.54) is 27.7 Å². The molecule has 0 radical (unpaired) electrons. The lowest BCUT2D eigenvalue weighted by atomic mass is 10.0. The monoisotopic (exact) mass is 208 g/mol. The molecule has 16 heavy (non-hydrogen) atoms. The fourth-order valence-corrected chi connectivity index (χ4v) is 2.54. The van der Waals surface area contributed by atoms with E-state index in [1.54, 1.807) is 0 Å². The van der Waals surface area contributed by atoms with E-state index in [-0.39, 0.29) is 0 Å². The molecular weight excluding hydrogens is 194 g/mol. The van der Waals surface area contributed by atoms with Crippen LogP contribution in [-0.2, 0) is 0 Å². The van der Waals surface area contributed by atoms with E-state index in [2.05, 4.69) is 54.5 Å². The van der Waals surface area contributed by atoms with Gasteiger partial charge in [0.15, 0.2) is 12.3 Å². The maximum absolute atomic E-state index is 3.83. The molecule has 3 rings (SSSR count). The topological polar surface area (TPSA) is 3.01 Å². The molecule has 0 N–H and O–H groups in total. The molecule has 78 valence electrons. The molecule has 0 spiro atoms. The van der Waals surface area contributed by atoms with Crippen molar-refractivity contribution >= 4 is 22.2 Å². The van der Waals surface area contributed by atoms with Crippen molar-refractivity contribution in [3.05, 3.63) is 54.6 Å². The van der Waals surface area contributed by atoms with Gasteiger partial charge in [0.2, 0.25) is 5.69 Å². The van der Waals surface area contributed by atoms with E-state index in [0.717, 1.165) is 6.54 Å². The van der Waals surface area contributed by atoms with Gasteiger partial charge in [-0.3, -0.25) is 0 Å². The second-order valence-corrected chi connectivity index (χ2v) is 4.17. The molecule has 2 aromatic carbocycles. The van der Waals surface area contributed by atoms with E-state index in [9.17, 15) is 0 Å². The molecule has 0 saturated heterocycles. The highest BCUT2D eigenvalue weighted by molar-refractivity contribution is 6.14. The van der Waals surface area contributed by atoms with Crippen molar-refractivity contribution in [2.75, 3.05) is 6.54 Å². The molecule has 0 unspecified atom stereocenters. The summed E-state index contributed by atoms with van der Waals surface area (Å²) < 4.78 is 2.32. The fraction of sp³-hybridized carbons (Fsp3) is 0.133. The first-order valence-electron chi connectivity index (χ1n) is 5.57. The van der Waals surface area contributed by atoms with Crippen molar-refractivity contribution in [2.24, 2.45) is 0 Å². The zero-order valence-electron chi connectivity index (χ0n) is 9.40. The lowest BCUT2D eigenvalue weighted by molar-refractivity contribution is -0.424. The Morgan fingerprint density at radius 2 is 1.94 bits per heavy atom. The van der Waals surface area contributed by atoms with E-state index in [4.69, 9.17) is 0 Å². The summed E-state index contributed by atoms with van der Waals surface area (Å²) in [5, 5.41) is 2.70. The maximum atomic E-state index is 3.83. The number of hydrogen-bond donors (Lipinski definition) is 0. The van der Waals surface area contributed by atoms with Crippen LogP contribution in [0, 0.1) is 0 Å². The van der Waals surface area contributed by atoms with Crippen LogP contribution in [0.5, 0.6) is 0 Å². The average Bonchev–Trinajstić information content (AvgIpc) is 2.58. The van der Waals surface area contributed by atoms with Crippen molar-refractivity contribution in [3.8, 4) is 0 Å². The van der Waals surface area contributed by atoms with Crippen molar-refractivity contribution < 1.29 is 4.58 Å². The molecule has 1 nitrogen and oxygen atoms in total. The Labute approximate surface area is 95.3 Å². The summed E-state index contributed by atoms with van der Waals surface area (Å²) in [4.78, 5) is 0. The molecule has 0 aromatic heterocycles. The van der Waals surface area contributed by atoms with Crippen LogP contribution in [0.15, 0.2) is 49.1 Å². The highest BCUT2D eigenvalue weighted by Crippen LogP contribution is 2.34. The van der Waals surface area contributed by atoms with Crippen molar-refractivity contribution in [2.45, 2.75) is 6.92 Å². The first-order valence-corrected chi connectivity index (χ1v) is 5.57. The summed E-state index contributed by atoms with van der Waals surface area (Å²) in [7, 11) is 0. The van der Waals surface area contributed by atoms with Gasteiger partial charge in [-0.1, -0.05) is 30.8 Å². The predicted molar refractivity (Wildman–Crippen MR) is 68.7 cm³/mol. The van der Waals surface area contributed by atoms with Gasteiger partial charge in [0, 0.05) is 13.0 Å². The summed E-state index contributed by atoms with van der Waals surface area (Å²) in [6.45, 7) is 6.88. The highest BCUT2D eigenvalue weighted by atomic mass is 15.0. The zero-order valence-corrected chi connectivity index (χ0v) is 9.40. The van der Waals surface area contributed by atoms with Gasteiger partial charge < -0.3 is 0 Å². The number of hydrogen-bond acceptors (Lipinski definition) is 0. The third kappa shape index (κ3) is 1.09. The van der Waals surface area contributed by atoms with Crippen LogP contribution < -0.4 is 0 Å². The summed E-state index contributed by atoms with van der Waals surface area (Å²) in [5.41, 5.74) is 3.99. The average molecular weight is 208 g/mol. The van der Waals surface area contributed by atoms with Crippen LogP contribution in [0.1, 0.15) is 12.5 Å². The molecule has 1 aliphatic heterocycles. The Morgan fingerprint density at radius 3 is 2.69 bits per heavy atom. The number of benzene rings is 2. The molecule has 1 heteroatoms. The second kappa shape index (κ2) is 3.31. The summed E-state index contributed by atoms with van der Waals surface area (Å²) in [6, 6.07) is 13.0. The Hall–Kier alpha value is -1.89. The molecule has 0 bridgehead atoms. The third-order valence-electron chi connectivity index (χ3n) is 3.28. The minimum atomic E-state index is 0.875. The summed E-state index contributed by atoms with van der Waals surface area (Å²) in [5.74, 6) is 0. The molecular formula is C15H14N+. The quantitative estimate of drug-likeness (QED) is 0.525. The molecule has 0 saturated carbocycles. The largest absolute Gasteiger partial charge is 0.214 e. The Balaban J connectivity index is 2.41. The molecule has 1 aliphatic rings. The van der Waals surface area contributed by atoms with E-state index in [1.807, 2.05) is 6.08 Å². The molecule has 1 heterocycles. The van der Waals surface area contributed by atoms with Gasteiger partial charge in [-0.05, 0) is 17.5 Å². The van der Waals surface area contributed by atoms with Gasteiger partial charge in [-0.15, -0.1) is 0 Å². The van der Waals surface area contributed by atoms with E-state index in [0.29, 0.717) is 0 Å². The predicted octanol–water partition coefficient (Wildman–Crippen LogP) is 3.49. The van der Waals surface area contributed by atoms with Crippen LogP contribution in [0.25, 0.3) is 10.8 Å². The maximum Gasteiger partial charge on any atom is 0.214 e. The van der Waals surface area contributed by atoms with Gasteiger partial charge in [0.05, 0.1) is 10.9 Å². The van der Waals surface area contributed by atoms with Gasteiger partial charge in [0.25, 0.3) is 0 Å². The Kier molecular flexibility index (Phi) is 1.93. The summed E-state index contributed by atoms with van der Waals surface area (Å²) in [6.07, 6.45) is 1.95. The highest BCUT2D eigenvalue weighted by Gasteiger charge is 2.27. The normalized spacial score (nSPS) is 13.6. The minimum absolute atomic E-state index is 0.875. The Bertz CT molecular complexity index is 615. The van der Waals surface area contributed by atoms with Crippen LogP contribution in [0.3, 0.4) is 0 Å². The van der Waals surface area contributed by atoms with Crippen molar-refractivity contribution in [3.63, 3.8) is 0 Å². The van der Waals surface area contributed by atoms with Crippen LogP contribution in [0.2, 0.25) is 0 Å². The molecule has 0 atom stereocenters. The summed E-state index contributed by atoms with van der Waals surface area (Å²) >= 11 is 0. The van der Waals surface area contributed by atoms with Crippen LogP contribution >= 0.6 is 0 Å². The molecule has 2 aromatic rings. The second-order valence-electron chi connectivity index (χ2n) is 4.17. The van der Waals surface area contributed by atoms with Crippen molar-refractivity contribution in [1.82, 2.24) is 0 Å². The van der Waals surface area contributed by atoms with Gasteiger partial charge in [-0.2, -0.15) is 4.58 Å². The molecule has 0 aliphatic carbocycles. The first-order chi connectivity index (χ1) is 7.83. The zero-order chi connectivity index (χ0) is 11.1. The van der Waals surface area contributed by atoms with Gasteiger partial charge >= 0.3 is 0 Å². The smallest absolute Gasteiger partial charge is 0.191 e. The van der Waals surface area contributed by atoms with Gasteiger partial charge in [-0.25, -0.2) is 0 Å². The number of rotatable bonds is 2. The van der Waals surface area contributed by atoms with Crippen molar-refractivity contribution in [1.29, 1.82) is 0 Å². The number of nitrogens with zero attached hydrogens (tertiary/aromatic N) is 1. The third-order valence-corrected chi connectivity index (χ3v) is 3.28. The lowest BCUT2D eigenvalue weighted by Gasteiger charge is -1.98. The Morgan fingerprint density at radius 1 is 1.19 bits per heavy atom. The SMILES string of the molecule is C=CC[N+]1=C(C)c2cccc3cccc1c23. The van der Waals surface area contributed by atoms with Crippen LogP contribution in [0.4, 0.5) is 5.69 Å². The van der Waals surface area contributed by atoms with E-state index >= 15 is 0 Å². The standard InChI is InChI=1S/C15H14N/c1-3-10-16-11(2)13-8-4-6-12-7-5-9-14(16)15(12)13/h3-9H,1,10H2,2H3/q+1. The van der Waals surface area contributed by atoms with E-state index < -0.39 is 0 Å². The molecule has 0 amide bonds. The minimum Gasteiger partial charge on any atom is -0.191 e.